The minimum Gasteiger partial charge on any atom is -0.487 e. The van der Waals surface area contributed by atoms with E-state index in [1.165, 1.54) is 23.5 Å². The normalized spacial score (nSPS) is 20.4. The third kappa shape index (κ3) is 11.0. The second-order valence-electron chi connectivity index (χ2n) is 16.1. The summed E-state index contributed by atoms with van der Waals surface area (Å²) in [5.41, 5.74) is 0.147. The van der Waals surface area contributed by atoms with Crippen molar-refractivity contribution in [1.29, 1.82) is 0 Å². The lowest BCUT2D eigenvalue weighted by atomic mass is 9.82. The van der Waals surface area contributed by atoms with Crippen LogP contribution in [-0.4, -0.2) is 93.0 Å². The number of likely N-dealkylation sites (tertiary alicyclic amines) is 1. The molecule has 2 saturated carbocycles. The SMILES string of the molecule is CCC[C@H](NC(=O)C1C[C@@H](Oc2ccc(C)cc2Cl)CN1C(=O)[C@@H](NC(=O)[C@@H](NC(=O)c1cnccn1)C1CCCCC1)C(C)(C)C)C(=O)C(=O)NC1CC1. The highest BCUT2D eigenvalue weighted by molar-refractivity contribution is 6.38. The van der Waals surface area contributed by atoms with Crippen LogP contribution in [0.15, 0.2) is 36.8 Å². The van der Waals surface area contributed by atoms with E-state index in [9.17, 15) is 28.8 Å². The Bertz CT molecular complexity index is 1730. The minimum absolute atomic E-state index is 0.0202. The first-order chi connectivity index (χ1) is 26.2. The summed E-state index contributed by atoms with van der Waals surface area (Å²) in [6, 6.07) is 1.01. The average molecular weight is 780 g/mol. The molecule has 2 heterocycles. The number of nitrogens with zero attached hydrogens (tertiary/aromatic N) is 3. The van der Waals surface area contributed by atoms with Crippen LogP contribution in [0.25, 0.3) is 0 Å². The van der Waals surface area contributed by atoms with Gasteiger partial charge in [-0.1, -0.05) is 71.0 Å². The van der Waals surface area contributed by atoms with Crippen LogP contribution >= 0.6 is 11.6 Å². The van der Waals surface area contributed by atoms with Gasteiger partial charge >= 0.3 is 0 Å². The molecule has 15 heteroatoms. The molecule has 55 heavy (non-hydrogen) atoms. The summed E-state index contributed by atoms with van der Waals surface area (Å²) in [6.45, 7) is 9.15. The van der Waals surface area contributed by atoms with E-state index in [-0.39, 0.29) is 37.0 Å². The van der Waals surface area contributed by atoms with Crippen molar-refractivity contribution < 1.29 is 33.5 Å². The van der Waals surface area contributed by atoms with Crippen molar-refractivity contribution in [2.45, 2.75) is 135 Å². The van der Waals surface area contributed by atoms with Gasteiger partial charge in [0.1, 0.15) is 35.7 Å². The molecule has 2 aromatic rings. The molecule has 2 aliphatic carbocycles. The van der Waals surface area contributed by atoms with Crippen LogP contribution in [0.4, 0.5) is 0 Å². The van der Waals surface area contributed by atoms with E-state index < -0.39 is 71.0 Å². The summed E-state index contributed by atoms with van der Waals surface area (Å²) < 4.78 is 6.28. The first-order valence-electron chi connectivity index (χ1n) is 19.4. The van der Waals surface area contributed by atoms with Crippen molar-refractivity contribution >= 4 is 46.9 Å². The highest BCUT2D eigenvalue weighted by atomic mass is 35.5. The van der Waals surface area contributed by atoms with Gasteiger partial charge in [-0.3, -0.25) is 33.8 Å². The van der Waals surface area contributed by atoms with E-state index in [0.717, 1.165) is 50.5 Å². The Morgan fingerprint density at radius 3 is 2.33 bits per heavy atom. The first-order valence-corrected chi connectivity index (χ1v) is 19.8. The number of hydrogen-bond donors (Lipinski definition) is 4. The number of Topliss-reactive ketones (excluding diaryl/α,β-unsaturated/α-hetero) is 1. The first kappa shape index (κ1) is 41.6. The Hall–Kier alpha value is -4.59. The molecule has 5 amide bonds. The number of nitrogens with one attached hydrogen (secondary N) is 4. The predicted molar refractivity (Wildman–Crippen MR) is 205 cm³/mol. The zero-order valence-corrected chi connectivity index (χ0v) is 33.1. The molecule has 14 nitrogen and oxygen atoms in total. The lowest BCUT2D eigenvalue weighted by Gasteiger charge is -2.37. The Morgan fingerprint density at radius 2 is 1.71 bits per heavy atom. The second kappa shape index (κ2) is 18.4. The molecule has 5 rings (SSSR count). The number of amides is 5. The van der Waals surface area contributed by atoms with Crippen LogP contribution in [0.2, 0.25) is 5.02 Å². The number of hydrogen-bond acceptors (Lipinski definition) is 9. The molecule has 0 radical (unpaired) electrons. The highest BCUT2D eigenvalue weighted by Crippen LogP contribution is 2.33. The maximum absolute atomic E-state index is 14.8. The van der Waals surface area contributed by atoms with Gasteiger partial charge in [-0.25, -0.2) is 4.98 Å². The Kier molecular flexibility index (Phi) is 13.9. The molecule has 1 aromatic heterocycles. The van der Waals surface area contributed by atoms with E-state index in [0.29, 0.717) is 17.2 Å². The van der Waals surface area contributed by atoms with E-state index in [2.05, 4.69) is 31.2 Å². The fraction of sp³-hybridized carbons (Fsp3) is 0.600. The number of benzene rings is 1. The summed E-state index contributed by atoms with van der Waals surface area (Å²) in [6.07, 6.45) is 10.2. The lowest BCUT2D eigenvalue weighted by molar-refractivity contribution is -0.145. The van der Waals surface area contributed by atoms with Crippen molar-refractivity contribution in [3.05, 3.63) is 53.1 Å². The number of halogens is 1. The number of rotatable bonds is 15. The van der Waals surface area contributed by atoms with Gasteiger partial charge in [0.15, 0.2) is 0 Å². The quantitative estimate of drug-likeness (QED) is 0.195. The molecule has 298 valence electrons. The van der Waals surface area contributed by atoms with Gasteiger partial charge in [-0.05, 0) is 68.1 Å². The molecule has 3 aliphatic rings. The molecule has 5 atom stereocenters. The summed E-state index contributed by atoms with van der Waals surface area (Å²) in [5, 5.41) is 11.7. The lowest BCUT2D eigenvalue weighted by Crippen LogP contribution is -2.62. The van der Waals surface area contributed by atoms with Gasteiger partial charge in [0.05, 0.1) is 23.8 Å². The zero-order chi connectivity index (χ0) is 39.9. The van der Waals surface area contributed by atoms with Gasteiger partial charge in [-0.2, -0.15) is 0 Å². The van der Waals surface area contributed by atoms with Crippen LogP contribution < -0.4 is 26.0 Å². The van der Waals surface area contributed by atoms with E-state index in [1.807, 2.05) is 40.7 Å². The number of carbonyl (C=O) groups is 6. The molecule has 1 aliphatic heterocycles. The average Bonchev–Trinajstić information content (AvgIpc) is 3.87. The van der Waals surface area contributed by atoms with E-state index in [4.69, 9.17) is 16.3 Å². The molecular formula is C40H54ClN7O7. The second-order valence-corrected chi connectivity index (χ2v) is 16.5. The maximum Gasteiger partial charge on any atom is 0.289 e. The van der Waals surface area contributed by atoms with Crippen molar-refractivity contribution in [3.8, 4) is 5.75 Å². The molecule has 1 unspecified atom stereocenters. The molecule has 1 aromatic carbocycles. The van der Waals surface area contributed by atoms with Gasteiger partial charge in [0, 0.05) is 24.9 Å². The molecule has 0 spiro atoms. The molecule has 4 N–H and O–H groups in total. The van der Waals surface area contributed by atoms with E-state index >= 15 is 0 Å². The smallest absolute Gasteiger partial charge is 0.289 e. The van der Waals surface area contributed by atoms with Crippen molar-refractivity contribution in [3.63, 3.8) is 0 Å². The number of ketones is 1. The fourth-order valence-electron chi connectivity index (χ4n) is 7.27. The fourth-order valence-corrected chi connectivity index (χ4v) is 7.55. The molecule has 0 bridgehead atoms. The summed E-state index contributed by atoms with van der Waals surface area (Å²) in [5.74, 6) is -3.49. The summed E-state index contributed by atoms with van der Waals surface area (Å²) in [7, 11) is 0. The largest absolute Gasteiger partial charge is 0.487 e. The third-order valence-electron chi connectivity index (χ3n) is 10.5. The Balaban J connectivity index is 1.41. The van der Waals surface area contributed by atoms with Crippen LogP contribution in [0, 0.1) is 18.3 Å². The molecule has 1 saturated heterocycles. The number of aryl methyl sites for hydroxylation is 1. The predicted octanol–water partition coefficient (Wildman–Crippen LogP) is 3.83. The summed E-state index contributed by atoms with van der Waals surface area (Å²) in [4.78, 5) is 91.9. The molecule has 3 fully saturated rings. The van der Waals surface area contributed by atoms with Crippen LogP contribution in [-0.2, 0) is 24.0 Å². The maximum atomic E-state index is 14.8. The van der Waals surface area contributed by atoms with Crippen LogP contribution in [0.5, 0.6) is 5.75 Å². The van der Waals surface area contributed by atoms with Crippen LogP contribution in [0.3, 0.4) is 0 Å². The number of aromatic nitrogens is 2. The van der Waals surface area contributed by atoms with Gasteiger partial charge in [0.25, 0.3) is 11.8 Å². The Labute approximate surface area is 327 Å². The van der Waals surface area contributed by atoms with Crippen molar-refractivity contribution in [2.24, 2.45) is 11.3 Å². The van der Waals surface area contributed by atoms with Crippen molar-refractivity contribution in [1.82, 2.24) is 36.1 Å². The molecular weight excluding hydrogens is 726 g/mol. The Morgan fingerprint density at radius 1 is 0.982 bits per heavy atom. The van der Waals surface area contributed by atoms with E-state index in [1.54, 1.807) is 12.1 Å². The minimum atomic E-state index is -1.13. The van der Waals surface area contributed by atoms with Crippen LogP contribution in [0.1, 0.15) is 108 Å². The zero-order valence-electron chi connectivity index (χ0n) is 32.4. The van der Waals surface area contributed by atoms with Gasteiger partial charge < -0.3 is 30.9 Å². The monoisotopic (exact) mass is 779 g/mol. The number of ether oxygens (including phenoxy) is 1. The number of carbonyl (C=O) groups excluding carboxylic acids is 6. The van der Waals surface area contributed by atoms with Crippen molar-refractivity contribution in [2.75, 3.05) is 6.54 Å². The third-order valence-corrected chi connectivity index (χ3v) is 10.8. The summed E-state index contributed by atoms with van der Waals surface area (Å²) >= 11 is 6.51. The van der Waals surface area contributed by atoms with Gasteiger partial charge in [-0.15, -0.1) is 0 Å². The topological polar surface area (TPSA) is 189 Å². The van der Waals surface area contributed by atoms with Gasteiger partial charge in [0.2, 0.25) is 23.5 Å². The standard InChI is InChI=1S/C40H54ClN7O7/c1-6-10-28(33(49)38(53)44-25-14-15-25)45-36(51)30-20-26(55-31-16-13-23(2)19-27(31)41)22-48(30)39(54)34(40(3,4)5)47-37(52)32(24-11-8-7-9-12-24)46-35(50)29-21-42-17-18-43-29/h13,16-19,21,24-26,28,30,32,34H,6-12,14-15,20,22H2,1-5H3,(H,44,53)(H,45,51)(H,46,50)(H,47,52)/t26-,28+,30?,32+,34-/m1/s1. The highest BCUT2D eigenvalue weighted by Gasteiger charge is 2.47.